The van der Waals surface area contributed by atoms with Crippen molar-refractivity contribution in [2.24, 2.45) is 10.7 Å². The summed E-state index contributed by atoms with van der Waals surface area (Å²) in [4.78, 5) is 4.01. The van der Waals surface area contributed by atoms with E-state index in [2.05, 4.69) is 10.3 Å². The SMILES string of the molecule is C[C@]1(c2cc(NCc3ccsc3)ccc2F)N=C(N)OC[C@@H]1F. The summed E-state index contributed by atoms with van der Waals surface area (Å²) < 4.78 is 33.5. The molecule has 0 unspecified atom stereocenters. The molecule has 3 N–H and O–H groups in total. The van der Waals surface area contributed by atoms with Crippen molar-refractivity contribution in [3.63, 3.8) is 0 Å². The maximum Gasteiger partial charge on any atom is 0.283 e. The molecule has 0 spiro atoms. The van der Waals surface area contributed by atoms with Gasteiger partial charge < -0.3 is 15.8 Å². The lowest BCUT2D eigenvalue weighted by molar-refractivity contribution is 0.0923. The van der Waals surface area contributed by atoms with Crippen molar-refractivity contribution < 1.29 is 13.5 Å². The number of anilines is 1. The maximum atomic E-state index is 14.3. The van der Waals surface area contributed by atoms with E-state index < -0.39 is 17.5 Å². The van der Waals surface area contributed by atoms with Gasteiger partial charge in [0.15, 0.2) is 6.17 Å². The molecule has 23 heavy (non-hydrogen) atoms. The number of alkyl halides is 1. The topological polar surface area (TPSA) is 59.6 Å². The largest absolute Gasteiger partial charge is 0.462 e. The molecule has 2 aromatic rings. The standard InChI is InChI=1S/C16H17F2N3OS/c1-16(14(18)8-22-15(19)21-16)12-6-11(2-3-13(12)17)20-7-10-4-5-23-9-10/h2-6,9,14,20H,7-8H2,1H3,(H2,19,21)/t14-,16+/m0/s1. The summed E-state index contributed by atoms with van der Waals surface area (Å²) in [6.45, 7) is 1.89. The first-order valence-electron chi connectivity index (χ1n) is 7.16. The summed E-state index contributed by atoms with van der Waals surface area (Å²) in [5.74, 6) is -0.519. The molecule has 0 fully saturated rings. The van der Waals surface area contributed by atoms with Crippen LogP contribution in [0.2, 0.25) is 0 Å². The van der Waals surface area contributed by atoms with Crippen molar-refractivity contribution in [2.45, 2.75) is 25.2 Å². The highest BCUT2D eigenvalue weighted by atomic mass is 32.1. The van der Waals surface area contributed by atoms with Gasteiger partial charge in [0.2, 0.25) is 0 Å². The van der Waals surface area contributed by atoms with Crippen LogP contribution in [-0.4, -0.2) is 18.8 Å². The summed E-state index contributed by atoms with van der Waals surface area (Å²) in [6.07, 6.45) is -1.48. The Balaban J connectivity index is 1.89. The summed E-state index contributed by atoms with van der Waals surface area (Å²) in [7, 11) is 0. The normalized spacial score (nSPS) is 24.0. The number of halogens is 2. The molecule has 3 rings (SSSR count). The Morgan fingerprint density at radius 3 is 3.04 bits per heavy atom. The van der Waals surface area contributed by atoms with E-state index in [0.717, 1.165) is 5.56 Å². The fourth-order valence-electron chi connectivity index (χ4n) is 2.50. The number of ether oxygens (including phenoxy) is 1. The molecule has 0 bridgehead atoms. The summed E-state index contributed by atoms with van der Waals surface area (Å²) >= 11 is 1.61. The lowest BCUT2D eigenvalue weighted by atomic mass is 9.86. The van der Waals surface area contributed by atoms with E-state index in [1.807, 2.05) is 16.8 Å². The summed E-state index contributed by atoms with van der Waals surface area (Å²) in [6, 6.07) is 6.39. The first kappa shape index (κ1) is 15.7. The van der Waals surface area contributed by atoms with E-state index in [9.17, 15) is 8.78 Å². The number of aliphatic imine (C=N–C) groups is 1. The third-order valence-electron chi connectivity index (χ3n) is 3.92. The molecule has 4 nitrogen and oxygen atoms in total. The Kier molecular flexibility index (Phi) is 4.21. The van der Waals surface area contributed by atoms with Crippen LogP contribution in [0.4, 0.5) is 14.5 Å². The Bertz CT molecular complexity index is 720. The number of amidine groups is 1. The van der Waals surface area contributed by atoms with Crippen molar-refractivity contribution in [2.75, 3.05) is 11.9 Å². The molecule has 0 aliphatic carbocycles. The minimum atomic E-state index is -1.48. The van der Waals surface area contributed by atoms with Gasteiger partial charge in [0.1, 0.15) is 18.0 Å². The van der Waals surface area contributed by atoms with Crippen molar-refractivity contribution in [3.05, 3.63) is 52.0 Å². The predicted molar refractivity (Wildman–Crippen MR) is 87.9 cm³/mol. The van der Waals surface area contributed by atoms with Gasteiger partial charge in [0.25, 0.3) is 6.02 Å². The fourth-order valence-corrected chi connectivity index (χ4v) is 3.17. The Hall–Kier alpha value is -2.15. The van der Waals surface area contributed by atoms with Crippen molar-refractivity contribution in [3.8, 4) is 0 Å². The third kappa shape index (κ3) is 3.14. The first-order valence-corrected chi connectivity index (χ1v) is 8.10. The van der Waals surface area contributed by atoms with E-state index in [1.54, 1.807) is 23.5 Å². The third-order valence-corrected chi connectivity index (χ3v) is 4.65. The van der Waals surface area contributed by atoms with Crippen LogP contribution in [0.5, 0.6) is 0 Å². The predicted octanol–water partition coefficient (Wildman–Crippen LogP) is 3.40. The number of nitrogens with one attached hydrogen (secondary N) is 1. The van der Waals surface area contributed by atoms with E-state index in [4.69, 9.17) is 10.5 Å². The smallest absolute Gasteiger partial charge is 0.283 e. The molecule has 7 heteroatoms. The van der Waals surface area contributed by atoms with Gasteiger partial charge in [-0.15, -0.1) is 0 Å². The molecule has 1 aliphatic heterocycles. The van der Waals surface area contributed by atoms with Crippen LogP contribution in [-0.2, 0) is 16.8 Å². The molecule has 0 amide bonds. The van der Waals surface area contributed by atoms with E-state index in [1.165, 1.54) is 13.0 Å². The van der Waals surface area contributed by atoms with Crippen molar-refractivity contribution in [1.29, 1.82) is 0 Å². The monoisotopic (exact) mass is 337 g/mol. The molecule has 1 aliphatic rings. The molecule has 2 heterocycles. The fraction of sp³-hybridized carbons (Fsp3) is 0.312. The van der Waals surface area contributed by atoms with Crippen LogP contribution < -0.4 is 11.1 Å². The second-order valence-electron chi connectivity index (χ2n) is 5.56. The number of hydrogen-bond acceptors (Lipinski definition) is 5. The van der Waals surface area contributed by atoms with Crippen LogP contribution in [0.3, 0.4) is 0 Å². The Morgan fingerprint density at radius 1 is 1.48 bits per heavy atom. The second kappa shape index (κ2) is 6.16. The van der Waals surface area contributed by atoms with E-state index in [0.29, 0.717) is 12.2 Å². The lowest BCUT2D eigenvalue weighted by Crippen LogP contribution is -2.43. The minimum Gasteiger partial charge on any atom is -0.462 e. The number of rotatable bonds is 4. The first-order chi connectivity index (χ1) is 11.0. The molecule has 2 atom stereocenters. The van der Waals surface area contributed by atoms with E-state index in [-0.39, 0.29) is 18.2 Å². The zero-order valence-corrected chi connectivity index (χ0v) is 13.4. The van der Waals surface area contributed by atoms with Gasteiger partial charge >= 0.3 is 0 Å². The highest BCUT2D eigenvalue weighted by Crippen LogP contribution is 2.37. The zero-order valence-electron chi connectivity index (χ0n) is 12.6. The van der Waals surface area contributed by atoms with Crippen LogP contribution in [0.1, 0.15) is 18.1 Å². The van der Waals surface area contributed by atoms with Gasteiger partial charge in [-0.25, -0.2) is 13.8 Å². The zero-order chi connectivity index (χ0) is 16.4. The molecular weight excluding hydrogens is 320 g/mol. The van der Waals surface area contributed by atoms with Gasteiger partial charge in [-0.3, -0.25) is 0 Å². The highest BCUT2D eigenvalue weighted by molar-refractivity contribution is 7.07. The molecule has 122 valence electrons. The quantitative estimate of drug-likeness (QED) is 0.899. The number of nitrogens with two attached hydrogens (primary N) is 1. The number of hydrogen-bond donors (Lipinski definition) is 2. The Morgan fingerprint density at radius 2 is 2.30 bits per heavy atom. The van der Waals surface area contributed by atoms with Crippen molar-refractivity contribution >= 4 is 23.0 Å². The van der Waals surface area contributed by atoms with Crippen LogP contribution in [0.15, 0.2) is 40.0 Å². The average molecular weight is 337 g/mol. The lowest BCUT2D eigenvalue weighted by Gasteiger charge is -2.33. The molecular formula is C16H17F2N3OS. The molecule has 1 aromatic carbocycles. The van der Waals surface area contributed by atoms with Gasteiger partial charge in [0, 0.05) is 17.8 Å². The van der Waals surface area contributed by atoms with Crippen LogP contribution >= 0.6 is 11.3 Å². The number of benzene rings is 1. The molecule has 0 radical (unpaired) electrons. The van der Waals surface area contributed by atoms with Crippen LogP contribution in [0, 0.1) is 5.82 Å². The van der Waals surface area contributed by atoms with Gasteiger partial charge in [-0.1, -0.05) is 0 Å². The summed E-state index contributed by atoms with van der Waals surface area (Å²) in [5, 5.41) is 7.22. The highest BCUT2D eigenvalue weighted by Gasteiger charge is 2.42. The van der Waals surface area contributed by atoms with Gasteiger partial charge in [0.05, 0.1) is 0 Å². The van der Waals surface area contributed by atoms with Crippen LogP contribution in [0.25, 0.3) is 0 Å². The number of thiophene rings is 1. The molecule has 0 saturated heterocycles. The second-order valence-corrected chi connectivity index (χ2v) is 6.34. The summed E-state index contributed by atoms with van der Waals surface area (Å²) in [5.41, 5.74) is 6.13. The van der Waals surface area contributed by atoms with Gasteiger partial charge in [-0.05, 0) is 47.5 Å². The molecule has 0 saturated carbocycles. The maximum absolute atomic E-state index is 14.3. The minimum absolute atomic E-state index is 0.127. The van der Waals surface area contributed by atoms with E-state index >= 15 is 0 Å². The Labute approximate surface area is 137 Å². The molecule has 1 aromatic heterocycles. The van der Waals surface area contributed by atoms with Gasteiger partial charge in [-0.2, -0.15) is 11.3 Å². The average Bonchev–Trinajstić information content (AvgIpc) is 3.04. The number of nitrogens with zero attached hydrogens (tertiary/aromatic N) is 1. The van der Waals surface area contributed by atoms with Crippen molar-refractivity contribution in [1.82, 2.24) is 0 Å².